The summed E-state index contributed by atoms with van der Waals surface area (Å²) in [5.74, 6) is -0.322. The molecule has 1 aromatic carbocycles. The Kier molecular flexibility index (Phi) is 5.06. The van der Waals surface area contributed by atoms with Crippen LogP contribution >= 0.6 is 23.2 Å². The van der Waals surface area contributed by atoms with Crippen molar-refractivity contribution < 1.29 is 4.79 Å². The maximum absolute atomic E-state index is 10.7. The first-order valence-corrected chi connectivity index (χ1v) is 5.70. The first-order valence-electron chi connectivity index (χ1n) is 4.94. The summed E-state index contributed by atoms with van der Waals surface area (Å²) in [7, 11) is 0. The highest BCUT2D eigenvalue weighted by atomic mass is 35.5. The van der Waals surface area contributed by atoms with Crippen LogP contribution in [-0.2, 0) is 11.3 Å². The van der Waals surface area contributed by atoms with Crippen LogP contribution < -0.4 is 11.1 Å². The van der Waals surface area contributed by atoms with Crippen LogP contribution in [0.4, 0.5) is 0 Å². The molecule has 0 radical (unpaired) electrons. The number of carbonyl (C=O) groups excluding carboxylic acids is 1. The number of amides is 1. The quantitative estimate of drug-likeness (QED) is 0.854. The van der Waals surface area contributed by atoms with Gasteiger partial charge in [0.2, 0.25) is 5.91 Å². The molecule has 5 heteroatoms. The van der Waals surface area contributed by atoms with Gasteiger partial charge in [-0.05, 0) is 30.7 Å². The van der Waals surface area contributed by atoms with Crippen molar-refractivity contribution in [2.45, 2.75) is 25.9 Å². The summed E-state index contributed by atoms with van der Waals surface area (Å²) in [6.45, 7) is 2.46. The van der Waals surface area contributed by atoms with Crippen LogP contribution in [0.1, 0.15) is 18.9 Å². The lowest BCUT2D eigenvalue weighted by molar-refractivity contribution is -0.118. The molecule has 3 N–H and O–H groups in total. The molecule has 1 amide bonds. The lowest BCUT2D eigenvalue weighted by Gasteiger charge is -2.12. The Morgan fingerprint density at radius 1 is 1.50 bits per heavy atom. The van der Waals surface area contributed by atoms with E-state index in [1.165, 1.54) is 0 Å². The number of nitrogens with two attached hydrogens (primary N) is 1. The third-order valence-electron chi connectivity index (χ3n) is 2.16. The molecule has 0 aliphatic carbocycles. The van der Waals surface area contributed by atoms with Crippen molar-refractivity contribution in [2.24, 2.45) is 5.73 Å². The summed E-state index contributed by atoms with van der Waals surface area (Å²) in [5, 5.41) is 4.45. The standard InChI is InChI=1S/C11H14Cl2N2O/c1-7(4-11(14)16)15-6-8-5-9(12)2-3-10(8)13/h2-3,5,7,15H,4,6H2,1H3,(H2,14,16). The van der Waals surface area contributed by atoms with Gasteiger partial charge in [-0.15, -0.1) is 0 Å². The van der Waals surface area contributed by atoms with E-state index in [9.17, 15) is 4.79 Å². The normalized spacial score (nSPS) is 12.4. The van der Waals surface area contributed by atoms with Gasteiger partial charge in [-0.3, -0.25) is 4.79 Å². The zero-order valence-electron chi connectivity index (χ0n) is 8.97. The molecule has 0 spiro atoms. The first-order chi connectivity index (χ1) is 7.49. The molecule has 0 heterocycles. The average Bonchev–Trinajstić information content (AvgIpc) is 2.18. The Morgan fingerprint density at radius 2 is 2.19 bits per heavy atom. The van der Waals surface area contributed by atoms with Gasteiger partial charge in [0.15, 0.2) is 0 Å². The van der Waals surface area contributed by atoms with E-state index in [0.717, 1.165) is 5.56 Å². The van der Waals surface area contributed by atoms with Crippen molar-refractivity contribution in [1.82, 2.24) is 5.32 Å². The minimum Gasteiger partial charge on any atom is -0.370 e. The van der Waals surface area contributed by atoms with Crippen molar-refractivity contribution in [3.05, 3.63) is 33.8 Å². The predicted octanol–water partition coefficient (Wildman–Crippen LogP) is 2.35. The van der Waals surface area contributed by atoms with E-state index in [1.807, 2.05) is 6.92 Å². The van der Waals surface area contributed by atoms with Crippen LogP contribution in [0.3, 0.4) is 0 Å². The van der Waals surface area contributed by atoms with Gasteiger partial charge in [0, 0.05) is 29.1 Å². The van der Waals surface area contributed by atoms with Gasteiger partial charge in [0.05, 0.1) is 0 Å². The molecular formula is C11H14Cl2N2O. The highest BCUT2D eigenvalue weighted by molar-refractivity contribution is 6.33. The number of benzene rings is 1. The topological polar surface area (TPSA) is 55.1 Å². The highest BCUT2D eigenvalue weighted by Gasteiger charge is 2.07. The van der Waals surface area contributed by atoms with Crippen LogP contribution in [0.15, 0.2) is 18.2 Å². The van der Waals surface area contributed by atoms with Crippen molar-refractivity contribution in [3.63, 3.8) is 0 Å². The van der Waals surface area contributed by atoms with E-state index in [4.69, 9.17) is 28.9 Å². The molecule has 0 aliphatic rings. The minimum atomic E-state index is -0.322. The number of primary amides is 1. The van der Waals surface area contributed by atoms with Crippen molar-refractivity contribution in [3.8, 4) is 0 Å². The maximum Gasteiger partial charge on any atom is 0.218 e. The molecule has 1 rings (SSSR count). The lowest BCUT2D eigenvalue weighted by atomic mass is 10.2. The van der Waals surface area contributed by atoms with Crippen LogP contribution in [0, 0.1) is 0 Å². The molecule has 16 heavy (non-hydrogen) atoms. The van der Waals surface area contributed by atoms with E-state index < -0.39 is 0 Å². The van der Waals surface area contributed by atoms with Gasteiger partial charge in [-0.2, -0.15) is 0 Å². The predicted molar refractivity (Wildman–Crippen MR) is 66.6 cm³/mol. The second kappa shape index (κ2) is 6.09. The van der Waals surface area contributed by atoms with Gasteiger partial charge in [-0.1, -0.05) is 23.2 Å². The summed E-state index contributed by atoms with van der Waals surface area (Å²) in [6, 6.07) is 5.31. The molecule has 88 valence electrons. The van der Waals surface area contributed by atoms with Crippen molar-refractivity contribution in [2.75, 3.05) is 0 Å². The molecular weight excluding hydrogens is 247 g/mol. The van der Waals surface area contributed by atoms with Crippen LogP contribution in [-0.4, -0.2) is 11.9 Å². The molecule has 0 aromatic heterocycles. The molecule has 1 aromatic rings. The third-order valence-corrected chi connectivity index (χ3v) is 2.76. The molecule has 0 bridgehead atoms. The van der Waals surface area contributed by atoms with Gasteiger partial charge >= 0.3 is 0 Å². The van der Waals surface area contributed by atoms with Gasteiger partial charge in [-0.25, -0.2) is 0 Å². The zero-order valence-corrected chi connectivity index (χ0v) is 10.5. The smallest absolute Gasteiger partial charge is 0.218 e. The van der Waals surface area contributed by atoms with Gasteiger partial charge in [0.25, 0.3) is 0 Å². The fraction of sp³-hybridized carbons (Fsp3) is 0.364. The summed E-state index contributed by atoms with van der Waals surface area (Å²) in [4.78, 5) is 10.7. The van der Waals surface area contributed by atoms with E-state index >= 15 is 0 Å². The molecule has 3 nitrogen and oxygen atoms in total. The van der Waals surface area contributed by atoms with Crippen LogP contribution in [0.2, 0.25) is 10.0 Å². The molecule has 0 fully saturated rings. The number of hydrogen-bond donors (Lipinski definition) is 2. The number of rotatable bonds is 5. The summed E-state index contributed by atoms with van der Waals surface area (Å²) in [5.41, 5.74) is 6.00. The van der Waals surface area contributed by atoms with E-state index in [0.29, 0.717) is 23.0 Å². The maximum atomic E-state index is 10.7. The molecule has 1 unspecified atom stereocenters. The molecule has 0 aliphatic heterocycles. The number of halogens is 2. The minimum absolute atomic E-state index is 0.0209. The molecule has 0 saturated carbocycles. The number of nitrogens with one attached hydrogen (secondary N) is 1. The Balaban J connectivity index is 2.54. The van der Waals surface area contributed by atoms with E-state index in [-0.39, 0.29) is 11.9 Å². The van der Waals surface area contributed by atoms with Gasteiger partial charge in [0.1, 0.15) is 0 Å². The largest absolute Gasteiger partial charge is 0.370 e. The third kappa shape index (κ3) is 4.39. The average molecular weight is 261 g/mol. The molecule has 1 atom stereocenters. The Hall–Kier alpha value is -0.770. The second-order valence-electron chi connectivity index (χ2n) is 3.69. The first kappa shape index (κ1) is 13.3. The monoisotopic (exact) mass is 260 g/mol. The zero-order chi connectivity index (χ0) is 12.1. The Bertz CT molecular complexity index is 382. The Morgan fingerprint density at radius 3 is 2.81 bits per heavy atom. The fourth-order valence-corrected chi connectivity index (χ4v) is 1.72. The summed E-state index contributed by atoms with van der Waals surface area (Å²) < 4.78 is 0. The van der Waals surface area contributed by atoms with Gasteiger partial charge < -0.3 is 11.1 Å². The van der Waals surface area contributed by atoms with Crippen molar-refractivity contribution in [1.29, 1.82) is 0 Å². The summed E-state index contributed by atoms with van der Waals surface area (Å²) >= 11 is 11.9. The number of hydrogen-bond acceptors (Lipinski definition) is 2. The summed E-state index contributed by atoms with van der Waals surface area (Å²) in [6.07, 6.45) is 0.304. The second-order valence-corrected chi connectivity index (χ2v) is 4.53. The highest BCUT2D eigenvalue weighted by Crippen LogP contribution is 2.20. The lowest BCUT2D eigenvalue weighted by Crippen LogP contribution is -2.30. The van der Waals surface area contributed by atoms with E-state index in [1.54, 1.807) is 18.2 Å². The number of carbonyl (C=O) groups is 1. The van der Waals surface area contributed by atoms with E-state index in [2.05, 4.69) is 5.32 Å². The fourth-order valence-electron chi connectivity index (χ4n) is 1.34. The van der Waals surface area contributed by atoms with Crippen LogP contribution in [0.25, 0.3) is 0 Å². The SMILES string of the molecule is CC(CC(N)=O)NCc1cc(Cl)ccc1Cl. The Labute approximate surface area is 105 Å². The van der Waals surface area contributed by atoms with Crippen LogP contribution in [0.5, 0.6) is 0 Å². The molecule has 0 saturated heterocycles. The van der Waals surface area contributed by atoms with Crippen molar-refractivity contribution >= 4 is 29.1 Å².